The van der Waals surface area contributed by atoms with Crippen LogP contribution in [0.5, 0.6) is 0 Å². The molecule has 20 heavy (non-hydrogen) atoms. The molecule has 1 saturated carbocycles. The first-order valence-electron chi connectivity index (χ1n) is 6.72. The molecular weight excluding hydrogens is 252 g/mol. The van der Waals surface area contributed by atoms with Crippen molar-refractivity contribution < 1.29 is 4.92 Å². The van der Waals surface area contributed by atoms with E-state index in [1.54, 1.807) is 12.1 Å². The van der Waals surface area contributed by atoms with Gasteiger partial charge in [-0.3, -0.25) is 10.1 Å². The summed E-state index contributed by atoms with van der Waals surface area (Å²) < 4.78 is 0. The third kappa shape index (κ3) is 2.37. The number of hydrogen-bond donors (Lipinski definition) is 1. The largest absolute Gasteiger partial charge is 0.376 e. The van der Waals surface area contributed by atoms with E-state index >= 15 is 0 Å². The Morgan fingerprint density at radius 3 is 2.60 bits per heavy atom. The SMILES string of the molecule is Cc1cccc([N+](=O)[O-])c1NC1CC1c1ccccc1. The van der Waals surface area contributed by atoms with E-state index in [0.29, 0.717) is 11.6 Å². The zero-order valence-corrected chi connectivity index (χ0v) is 11.2. The number of nitro groups is 1. The van der Waals surface area contributed by atoms with Crippen molar-refractivity contribution in [1.82, 2.24) is 0 Å². The molecule has 3 rings (SSSR count). The number of nitro benzene ring substituents is 1. The zero-order chi connectivity index (χ0) is 14.1. The molecule has 0 amide bonds. The van der Waals surface area contributed by atoms with Crippen molar-refractivity contribution in [3.63, 3.8) is 0 Å². The Bertz CT molecular complexity index is 640. The van der Waals surface area contributed by atoms with E-state index in [1.165, 1.54) is 5.56 Å². The number of anilines is 1. The molecule has 0 aliphatic heterocycles. The van der Waals surface area contributed by atoms with Crippen molar-refractivity contribution in [1.29, 1.82) is 0 Å². The topological polar surface area (TPSA) is 55.2 Å². The number of nitrogens with one attached hydrogen (secondary N) is 1. The molecule has 2 atom stereocenters. The minimum atomic E-state index is -0.324. The second-order valence-electron chi connectivity index (χ2n) is 5.23. The molecule has 0 bridgehead atoms. The molecule has 1 aliphatic carbocycles. The maximum Gasteiger partial charge on any atom is 0.292 e. The lowest BCUT2D eigenvalue weighted by Crippen LogP contribution is -2.08. The van der Waals surface area contributed by atoms with Crippen molar-refractivity contribution in [3.8, 4) is 0 Å². The summed E-state index contributed by atoms with van der Waals surface area (Å²) >= 11 is 0. The summed E-state index contributed by atoms with van der Waals surface area (Å²) in [4.78, 5) is 10.8. The molecule has 2 aromatic rings. The van der Waals surface area contributed by atoms with Crippen LogP contribution < -0.4 is 5.32 Å². The number of benzene rings is 2. The smallest absolute Gasteiger partial charge is 0.292 e. The van der Waals surface area contributed by atoms with Gasteiger partial charge in [-0.2, -0.15) is 0 Å². The van der Waals surface area contributed by atoms with Crippen LogP contribution in [0.1, 0.15) is 23.5 Å². The van der Waals surface area contributed by atoms with Gasteiger partial charge in [-0.1, -0.05) is 42.5 Å². The van der Waals surface area contributed by atoms with Gasteiger partial charge >= 0.3 is 0 Å². The second kappa shape index (κ2) is 4.96. The standard InChI is InChI=1S/C16H16N2O2/c1-11-6-5-9-15(18(19)20)16(11)17-14-10-13(14)12-7-3-2-4-8-12/h2-9,13-14,17H,10H2,1H3. The van der Waals surface area contributed by atoms with Crippen LogP contribution in [0.4, 0.5) is 11.4 Å². The molecule has 0 spiro atoms. The Hall–Kier alpha value is -2.36. The van der Waals surface area contributed by atoms with E-state index < -0.39 is 0 Å². The maximum absolute atomic E-state index is 11.1. The van der Waals surface area contributed by atoms with Gasteiger partial charge in [0, 0.05) is 18.0 Å². The molecule has 0 heterocycles. The lowest BCUT2D eigenvalue weighted by atomic mass is 10.1. The van der Waals surface area contributed by atoms with Crippen LogP contribution in [0.3, 0.4) is 0 Å². The quantitative estimate of drug-likeness (QED) is 0.676. The molecule has 0 radical (unpaired) electrons. The summed E-state index contributed by atoms with van der Waals surface area (Å²) in [6.07, 6.45) is 1.02. The van der Waals surface area contributed by atoms with Gasteiger partial charge in [0.15, 0.2) is 0 Å². The highest BCUT2D eigenvalue weighted by molar-refractivity contribution is 5.67. The van der Waals surface area contributed by atoms with Gasteiger partial charge in [0.05, 0.1) is 4.92 Å². The molecule has 1 aliphatic rings. The van der Waals surface area contributed by atoms with E-state index in [9.17, 15) is 10.1 Å². The van der Waals surface area contributed by atoms with Crippen LogP contribution in [0.15, 0.2) is 48.5 Å². The van der Waals surface area contributed by atoms with Crippen LogP contribution in [-0.4, -0.2) is 11.0 Å². The first kappa shape index (κ1) is 12.7. The fourth-order valence-electron chi connectivity index (χ4n) is 2.60. The molecule has 4 heteroatoms. The van der Waals surface area contributed by atoms with Gasteiger partial charge in [0.1, 0.15) is 5.69 Å². The zero-order valence-electron chi connectivity index (χ0n) is 11.2. The summed E-state index contributed by atoms with van der Waals surface area (Å²) in [7, 11) is 0. The molecule has 1 N–H and O–H groups in total. The molecule has 2 aromatic carbocycles. The monoisotopic (exact) mass is 268 g/mol. The van der Waals surface area contributed by atoms with Crippen molar-refractivity contribution in [3.05, 3.63) is 69.8 Å². The van der Waals surface area contributed by atoms with Gasteiger partial charge in [-0.05, 0) is 24.5 Å². The van der Waals surface area contributed by atoms with Crippen LogP contribution >= 0.6 is 0 Å². The normalized spacial score (nSPS) is 20.4. The Morgan fingerprint density at radius 1 is 1.15 bits per heavy atom. The average molecular weight is 268 g/mol. The van der Waals surface area contributed by atoms with Gasteiger partial charge in [0.25, 0.3) is 5.69 Å². The third-order valence-electron chi connectivity index (χ3n) is 3.80. The summed E-state index contributed by atoms with van der Waals surface area (Å²) in [5.74, 6) is 0.454. The number of rotatable bonds is 4. The van der Waals surface area contributed by atoms with Gasteiger partial charge in [-0.25, -0.2) is 0 Å². The molecule has 2 unspecified atom stereocenters. The van der Waals surface area contributed by atoms with E-state index in [2.05, 4.69) is 17.4 Å². The molecule has 4 nitrogen and oxygen atoms in total. The van der Waals surface area contributed by atoms with Crippen LogP contribution in [0.2, 0.25) is 0 Å². The minimum absolute atomic E-state index is 0.156. The second-order valence-corrected chi connectivity index (χ2v) is 5.23. The Labute approximate surface area is 117 Å². The predicted molar refractivity (Wildman–Crippen MR) is 79.0 cm³/mol. The fourth-order valence-corrected chi connectivity index (χ4v) is 2.60. The fraction of sp³-hybridized carbons (Fsp3) is 0.250. The molecule has 0 saturated heterocycles. The highest BCUT2D eigenvalue weighted by atomic mass is 16.6. The van der Waals surface area contributed by atoms with E-state index in [4.69, 9.17) is 0 Å². The van der Waals surface area contributed by atoms with E-state index in [1.807, 2.05) is 31.2 Å². The summed E-state index contributed by atoms with van der Waals surface area (Å²) in [6, 6.07) is 15.7. The Morgan fingerprint density at radius 2 is 1.90 bits per heavy atom. The van der Waals surface area contributed by atoms with Crippen molar-refractivity contribution >= 4 is 11.4 Å². The lowest BCUT2D eigenvalue weighted by molar-refractivity contribution is -0.384. The molecule has 102 valence electrons. The number of aryl methyl sites for hydroxylation is 1. The Balaban J connectivity index is 1.79. The molecular formula is C16H16N2O2. The number of hydrogen-bond acceptors (Lipinski definition) is 3. The highest BCUT2D eigenvalue weighted by Crippen LogP contribution is 2.44. The lowest BCUT2D eigenvalue weighted by Gasteiger charge is -2.09. The number of nitrogens with zero attached hydrogens (tertiary/aromatic N) is 1. The van der Waals surface area contributed by atoms with Crippen LogP contribution in [-0.2, 0) is 0 Å². The van der Waals surface area contributed by atoms with Crippen LogP contribution in [0, 0.1) is 17.0 Å². The molecule has 1 fully saturated rings. The van der Waals surface area contributed by atoms with Crippen molar-refractivity contribution in [2.45, 2.75) is 25.3 Å². The average Bonchev–Trinajstić information content (AvgIpc) is 3.21. The van der Waals surface area contributed by atoms with Gasteiger partial charge in [-0.15, -0.1) is 0 Å². The van der Waals surface area contributed by atoms with Gasteiger partial charge < -0.3 is 5.32 Å². The predicted octanol–water partition coefficient (Wildman–Crippen LogP) is 3.87. The van der Waals surface area contributed by atoms with E-state index in [-0.39, 0.29) is 16.7 Å². The summed E-state index contributed by atoms with van der Waals surface area (Å²) in [6.45, 7) is 1.90. The highest BCUT2D eigenvalue weighted by Gasteiger charge is 2.39. The molecule has 0 aromatic heterocycles. The van der Waals surface area contributed by atoms with Crippen molar-refractivity contribution in [2.24, 2.45) is 0 Å². The van der Waals surface area contributed by atoms with Crippen molar-refractivity contribution in [2.75, 3.05) is 5.32 Å². The third-order valence-corrected chi connectivity index (χ3v) is 3.80. The minimum Gasteiger partial charge on any atom is -0.376 e. The first-order chi connectivity index (χ1) is 9.66. The Kier molecular flexibility index (Phi) is 3.14. The van der Waals surface area contributed by atoms with E-state index in [0.717, 1.165) is 12.0 Å². The van der Waals surface area contributed by atoms with Gasteiger partial charge in [0.2, 0.25) is 0 Å². The first-order valence-corrected chi connectivity index (χ1v) is 6.72. The summed E-state index contributed by atoms with van der Waals surface area (Å²) in [5.41, 5.74) is 3.02. The maximum atomic E-state index is 11.1. The number of para-hydroxylation sites is 1. The van der Waals surface area contributed by atoms with Crippen LogP contribution in [0.25, 0.3) is 0 Å². The summed E-state index contributed by atoms with van der Waals surface area (Å²) in [5, 5.41) is 14.4.